The second kappa shape index (κ2) is 6.44. The lowest BCUT2D eigenvalue weighted by Gasteiger charge is -2.60. The third-order valence-electron chi connectivity index (χ3n) is 6.68. The topological polar surface area (TPSA) is 54.9 Å². The molecule has 0 aromatic carbocycles. The minimum Gasteiger partial charge on any atom is -0.345 e. The lowest BCUT2D eigenvalue weighted by Crippen LogP contribution is -2.63. The van der Waals surface area contributed by atoms with Crippen LogP contribution in [0.4, 0.5) is 0 Å². The first-order valence-electron chi connectivity index (χ1n) is 10.2. The number of rotatable bonds is 2. The molecule has 4 heteroatoms. The van der Waals surface area contributed by atoms with E-state index in [9.17, 15) is 4.79 Å². The summed E-state index contributed by atoms with van der Waals surface area (Å²) < 4.78 is 0. The third kappa shape index (κ3) is 3.20. The minimum atomic E-state index is -0.134. The first kappa shape index (κ1) is 17.4. The van der Waals surface area contributed by atoms with Crippen molar-refractivity contribution in [3.63, 3.8) is 0 Å². The molecule has 2 heterocycles. The van der Waals surface area contributed by atoms with Gasteiger partial charge in [-0.15, -0.1) is 0 Å². The average molecular weight is 371 g/mol. The van der Waals surface area contributed by atoms with Gasteiger partial charge in [0.05, 0.1) is 0 Å². The zero-order chi connectivity index (χ0) is 19.2. The second-order valence-corrected chi connectivity index (χ2v) is 9.10. The van der Waals surface area contributed by atoms with Gasteiger partial charge in [0.2, 0.25) is 0 Å². The van der Waals surface area contributed by atoms with E-state index in [-0.39, 0.29) is 16.9 Å². The van der Waals surface area contributed by atoms with Crippen LogP contribution in [0, 0.1) is 36.0 Å². The van der Waals surface area contributed by atoms with Crippen molar-refractivity contribution in [1.29, 1.82) is 0 Å². The van der Waals surface area contributed by atoms with Gasteiger partial charge in [-0.05, 0) is 87.5 Å². The number of pyridine rings is 2. The highest BCUT2D eigenvalue weighted by Crippen LogP contribution is 2.61. The van der Waals surface area contributed by atoms with Crippen molar-refractivity contribution in [3.05, 3.63) is 59.7 Å². The summed E-state index contributed by atoms with van der Waals surface area (Å²) >= 11 is 0. The van der Waals surface area contributed by atoms with E-state index in [1.165, 1.54) is 6.42 Å². The van der Waals surface area contributed by atoms with Gasteiger partial charge in [-0.3, -0.25) is 4.79 Å². The molecule has 2 aromatic rings. The highest BCUT2D eigenvalue weighted by molar-refractivity contribution is 5.92. The molecule has 4 saturated carbocycles. The van der Waals surface area contributed by atoms with Crippen LogP contribution in [-0.2, 0) is 0 Å². The van der Waals surface area contributed by atoms with Gasteiger partial charge in [0.25, 0.3) is 5.91 Å². The minimum absolute atomic E-state index is 0.00885. The van der Waals surface area contributed by atoms with E-state index in [4.69, 9.17) is 0 Å². The Balaban J connectivity index is 1.42. The lowest BCUT2D eigenvalue weighted by molar-refractivity contribution is -0.0484. The van der Waals surface area contributed by atoms with Gasteiger partial charge in [-0.25, -0.2) is 9.97 Å². The maximum absolute atomic E-state index is 12.9. The van der Waals surface area contributed by atoms with Crippen molar-refractivity contribution in [2.75, 3.05) is 0 Å². The first-order chi connectivity index (χ1) is 13.5. The van der Waals surface area contributed by atoms with Crippen LogP contribution in [0.2, 0.25) is 0 Å². The van der Waals surface area contributed by atoms with Crippen LogP contribution in [0.25, 0.3) is 0 Å². The summed E-state index contributed by atoms with van der Waals surface area (Å²) in [5.41, 5.74) is 2.10. The number of nitrogens with one attached hydrogen (secondary N) is 1. The van der Waals surface area contributed by atoms with E-state index in [2.05, 4.69) is 27.1 Å². The summed E-state index contributed by atoms with van der Waals surface area (Å²) in [6.45, 7) is 1.92. The molecule has 0 saturated heterocycles. The SMILES string of the molecule is Cc1cccc(C(=O)NC23CC4CC(CC(C#Cc5ccccn5)(C4)C2)C3)n1. The van der Waals surface area contributed by atoms with E-state index in [0.29, 0.717) is 17.5 Å². The predicted octanol–water partition coefficient (Wildman–Crippen LogP) is 3.91. The summed E-state index contributed by atoms with van der Waals surface area (Å²) in [6, 6.07) is 11.5. The van der Waals surface area contributed by atoms with Crippen LogP contribution in [0.15, 0.2) is 42.6 Å². The molecule has 2 atom stereocenters. The van der Waals surface area contributed by atoms with Crippen molar-refractivity contribution in [2.24, 2.45) is 17.3 Å². The first-order valence-corrected chi connectivity index (χ1v) is 10.2. The zero-order valence-corrected chi connectivity index (χ0v) is 16.2. The fourth-order valence-electron chi connectivity index (χ4n) is 6.16. The molecule has 0 aliphatic heterocycles. The van der Waals surface area contributed by atoms with Crippen molar-refractivity contribution in [3.8, 4) is 11.8 Å². The Morgan fingerprint density at radius 2 is 1.93 bits per heavy atom. The van der Waals surface area contributed by atoms with Crippen molar-refractivity contribution in [2.45, 2.75) is 51.0 Å². The Labute approximate surface area is 166 Å². The normalized spacial score (nSPS) is 32.5. The van der Waals surface area contributed by atoms with Gasteiger partial charge < -0.3 is 5.32 Å². The monoisotopic (exact) mass is 371 g/mol. The molecule has 0 radical (unpaired) electrons. The van der Waals surface area contributed by atoms with Crippen LogP contribution >= 0.6 is 0 Å². The number of amides is 1. The van der Waals surface area contributed by atoms with Gasteiger partial charge in [-0.1, -0.05) is 18.1 Å². The van der Waals surface area contributed by atoms with Gasteiger partial charge >= 0.3 is 0 Å². The Morgan fingerprint density at radius 3 is 2.64 bits per heavy atom. The summed E-state index contributed by atoms with van der Waals surface area (Å²) in [6.07, 6.45) is 8.49. The quantitative estimate of drug-likeness (QED) is 0.815. The number of hydrogen-bond acceptors (Lipinski definition) is 3. The zero-order valence-electron chi connectivity index (χ0n) is 16.2. The molecule has 4 nitrogen and oxygen atoms in total. The van der Waals surface area contributed by atoms with E-state index in [0.717, 1.165) is 43.5 Å². The van der Waals surface area contributed by atoms with Crippen LogP contribution < -0.4 is 5.32 Å². The van der Waals surface area contributed by atoms with Crippen molar-refractivity contribution < 1.29 is 4.79 Å². The average Bonchev–Trinajstić information content (AvgIpc) is 2.66. The van der Waals surface area contributed by atoms with Crippen LogP contribution in [0.1, 0.15) is 60.4 Å². The molecule has 4 fully saturated rings. The molecular formula is C24H25N3O. The van der Waals surface area contributed by atoms with Gasteiger partial charge in [0.15, 0.2) is 0 Å². The fraction of sp³-hybridized carbons (Fsp3) is 0.458. The summed E-state index contributed by atoms with van der Waals surface area (Å²) in [5.74, 6) is 8.21. The second-order valence-electron chi connectivity index (χ2n) is 9.10. The molecule has 28 heavy (non-hydrogen) atoms. The molecule has 4 aliphatic carbocycles. The third-order valence-corrected chi connectivity index (χ3v) is 6.68. The molecule has 2 aromatic heterocycles. The van der Waals surface area contributed by atoms with E-state index >= 15 is 0 Å². The number of carbonyl (C=O) groups excluding carboxylic acids is 1. The van der Waals surface area contributed by atoms with Gasteiger partial charge in [0.1, 0.15) is 11.4 Å². The van der Waals surface area contributed by atoms with Gasteiger partial charge in [-0.2, -0.15) is 0 Å². The molecule has 0 spiro atoms. The van der Waals surface area contributed by atoms with Crippen molar-refractivity contribution >= 4 is 5.91 Å². The summed E-state index contributed by atoms with van der Waals surface area (Å²) in [4.78, 5) is 21.7. The Morgan fingerprint density at radius 1 is 1.11 bits per heavy atom. The summed E-state index contributed by atoms with van der Waals surface area (Å²) in [7, 11) is 0. The Bertz CT molecular complexity index is 958. The molecule has 4 aliphatic rings. The number of hydrogen-bond donors (Lipinski definition) is 1. The Kier molecular flexibility index (Phi) is 4.01. The van der Waals surface area contributed by atoms with Crippen LogP contribution in [0.3, 0.4) is 0 Å². The van der Waals surface area contributed by atoms with Gasteiger partial charge in [0, 0.05) is 22.8 Å². The maximum Gasteiger partial charge on any atom is 0.270 e. The predicted molar refractivity (Wildman–Crippen MR) is 107 cm³/mol. The number of carbonyl (C=O) groups is 1. The standard InChI is InChI=1S/C24H25N3O/c1-17-5-4-7-21(26-17)22(28)27-24-14-18-11-19(15-24)13-23(12-18,16-24)9-8-20-6-2-3-10-25-20/h2-7,10,18-19H,11-16H2,1H3,(H,27,28). The summed E-state index contributed by atoms with van der Waals surface area (Å²) in [5, 5.41) is 3.41. The molecule has 4 bridgehead atoms. The molecule has 142 valence electrons. The largest absolute Gasteiger partial charge is 0.345 e. The number of aryl methyl sites for hydroxylation is 1. The van der Waals surface area contributed by atoms with Crippen LogP contribution in [-0.4, -0.2) is 21.4 Å². The maximum atomic E-state index is 12.9. The number of nitrogens with zero attached hydrogens (tertiary/aromatic N) is 2. The highest BCUT2D eigenvalue weighted by Gasteiger charge is 2.57. The highest BCUT2D eigenvalue weighted by atomic mass is 16.2. The van der Waals surface area contributed by atoms with Crippen molar-refractivity contribution in [1.82, 2.24) is 15.3 Å². The smallest absolute Gasteiger partial charge is 0.270 e. The van der Waals surface area contributed by atoms with E-state index < -0.39 is 0 Å². The fourth-order valence-corrected chi connectivity index (χ4v) is 6.16. The lowest BCUT2D eigenvalue weighted by atomic mass is 9.47. The molecule has 1 N–H and O–H groups in total. The van der Waals surface area contributed by atoms with E-state index in [1.54, 1.807) is 12.3 Å². The van der Waals surface area contributed by atoms with E-state index in [1.807, 2.05) is 37.3 Å². The number of aromatic nitrogens is 2. The molecule has 2 unspecified atom stereocenters. The Hall–Kier alpha value is -2.67. The molecule has 6 rings (SSSR count). The molecular weight excluding hydrogens is 346 g/mol. The molecule has 1 amide bonds. The van der Waals surface area contributed by atoms with Crippen LogP contribution in [0.5, 0.6) is 0 Å².